The molecule has 0 spiro atoms. The van der Waals surface area contributed by atoms with E-state index >= 15 is 0 Å². The van der Waals surface area contributed by atoms with E-state index in [9.17, 15) is 4.79 Å². The molecule has 21 heavy (non-hydrogen) atoms. The summed E-state index contributed by atoms with van der Waals surface area (Å²) >= 11 is 1.75. The van der Waals surface area contributed by atoms with Gasteiger partial charge in [0.15, 0.2) is 0 Å². The highest BCUT2D eigenvalue weighted by atomic mass is 32.1. The predicted molar refractivity (Wildman–Crippen MR) is 85.3 cm³/mol. The van der Waals surface area contributed by atoms with E-state index in [-0.39, 0.29) is 12.0 Å². The highest BCUT2D eigenvalue weighted by molar-refractivity contribution is 7.18. The lowest BCUT2D eigenvalue weighted by Crippen LogP contribution is -2.34. The molecule has 0 radical (unpaired) electrons. The summed E-state index contributed by atoms with van der Waals surface area (Å²) in [4.78, 5) is 19.6. The van der Waals surface area contributed by atoms with Crippen molar-refractivity contribution in [1.82, 2.24) is 9.88 Å². The van der Waals surface area contributed by atoms with Gasteiger partial charge in [-0.3, -0.25) is 4.79 Å². The molecule has 1 aromatic carbocycles. The van der Waals surface area contributed by atoms with E-state index in [0.29, 0.717) is 5.91 Å². The van der Waals surface area contributed by atoms with Crippen molar-refractivity contribution in [2.24, 2.45) is 5.92 Å². The Bertz CT molecular complexity index is 627. The second kappa shape index (κ2) is 5.41. The highest BCUT2D eigenvalue weighted by Gasteiger charge is 2.36. The van der Waals surface area contributed by atoms with Crippen LogP contribution in [-0.4, -0.2) is 22.3 Å². The van der Waals surface area contributed by atoms with E-state index in [1.807, 2.05) is 6.07 Å². The smallest absolute Gasteiger partial charge is 0.226 e. The average molecular weight is 300 g/mol. The molecule has 1 saturated heterocycles. The summed E-state index contributed by atoms with van der Waals surface area (Å²) in [6.45, 7) is 0.913. The van der Waals surface area contributed by atoms with E-state index in [4.69, 9.17) is 4.98 Å². The van der Waals surface area contributed by atoms with Gasteiger partial charge in [0.2, 0.25) is 5.91 Å². The van der Waals surface area contributed by atoms with Crippen LogP contribution in [0.3, 0.4) is 0 Å². The number of likely N-dealkylation sites (tertiary alicyclic amines) is 1. The molecule has 3 nitrogen and oxygen atoms in total. The molecule has 1 aliphatic heterocycles. The first-order chi connectivity index (χ1) is 10.3. The van der Waals surface area contributed by atoms with Crippen LogP contribution in [0.1, 0.15) is 49.6 Å². The maximum absolute atomic E-state index is 12.7. The first kappa shape index (κ1) is 13.3. The number of carbonyl (C=O) groups excluding carboxylic acids is 1. The third-order valence-electron chi connectivity index (χ3n) is 4.84. The zero-order valence-corrected chi connectivity index (χ0v) is 12.9. The zero-order valence-electron chi connectivity index (χ0n) is 12.1. The molecule has 1 saturated carbocycles. The standard InChI is InChI=1S/C17H20N2OS/c20-17(12-6-1-2-7-12)19-11-5-9-14(19)16-18-13-8-3-4-10-15(13)21-16/h3-4,8,10,12,14H,1-2,5-7,9,11H2. The van der Waals surface area contributed by atoms with Gasteiger partial charge in [-0.2, -0.15) is 0 Å². The van der Waals surface area contributed by atoms with Crippen LogP contribution in [0.15, 0.2) is 24.3 Å². The van der Waals surface area contributed by atoms with Crippen molar-refractivity contribution in [3.8, 4) is 0 Å². The number of amides is 1. The van der Waals surface area contributed by atoms with Crippen molar-refractivity contribution in [3.63, 3.8) is 0 Å². The number of nitrogens with zero attached hydrogens (tertiary/aromatic N) is 2. The number of carbonyl (C=O) groups is 1. The topological polar surface area (TPSA) is 33.2 Å². The number of hydrogen-bond acceptors (Lipinski definition) is 3. The van der Waals surface area contributed by atoms with Crippen LogP contribution in [0.5, 0.6) is 0 Å². The normalized spacial score (nSPS) is 23.2. The molecule has 1 aliphatic carbocycles. The maximum Gasteiger partial charge on any atom is 0.226 e. The van der Waals surface area contributed by atoms with Crippen molar-refractivity contribution < 1.29 is 4.79 Å². The number of fused-ring (bicyclic) bond motifs is 1. The fourth-order valence-electron chi connectivity index (χ4n) is 3.73. The second-order valence-corrected chi connectivity index (χ2v) is 7.25. The molecule has 0 N–H and O–H groups in total. The van der Waals surface area contributed by atoms with Crippen molar-refractivity contribution in [1.29, 1.82) is 0 Å². The Morgan fingerprint density at radius 1 is 1.14 bits per heavy atom. The van der Waals surface area contributed by atoms with Gasteiger partial charge in [-0.15, -0.1) is 11.3 Å². The predicted octanol–water partition coefficient (Wildman–Crippen LogP) is 4.15. The number of benzene rings is 1. The van der Waals surface area contributed by atoms with E-state index in [2.05, 4.69) is 23.1 Å². The van der Waals surface area contributed by atoms with E-state index in [1.54, 1.807) is 11.3 Å². The Kier molecular flexibility index (Phi) is 3.42. The van der Waals surface area contributed by atoms with Crippen LogP contribution < -0.4 is 0 Å². The Hall–Kier alpha value is -1.42. The van der Waals surface area contributed by atoms with Gasteiger partial charge in [-0.25, -0.2) is 4.98 Å². The number of thiazole rings is 1. The summed E-state index contributed by atoms with van der Waals surface area (Å²) in [6.07, 6.45) is 6.78. The van der Waals surface area contributed by atoms with E-state index in [0.717, 1.165) is 42.8 Å². The Morgan fingerprint density at radius 3 is 2.76 bits per heavy atom. The number of aromatic nitrogens is 1. The third kappa shape index (κ3) is 2.35. The molecule has 0 bridgehead atoms. The van der Waals surface area contributed by atoms with Crippen LogP contribution in [0, 0.1) is 5.92 Å². The first-order valence-electron chi connectivity index (χ1n) is 7.99. The fraction of sp³-hybridized carbons (Fsp3) is 0.529. The quantitative estimate of drug-likeness (QED) is 0.834. The lowest BCUT2D eigenvalue weighted by molar-refractivity contribution is -0.136. The van der Waals surface area contributed by atoms with Crippen molar-refractivity contribution in [2.45, 2.75) is 44.6 Å². The van der Waals surface area contributed by atoms with Crippen LogP contribution in [0.2, 0.25) is 0 Å². The lowest BCUT2D eigenvalue weighted by atomic mass is 10.1. The van der Waals surface area contributed by atoms with Gasteiger partial charge in [0, 0.05) is 12.5 Å². The van der Waals surface area contributed by atoms with Crippen molar-refractivity contribution in [3.05, 3.63) is 29.3 Å². The molecule has 1 amide bonds. The third-order valence-corrected chi connectivity index (χ3v) is 5.97. The van der Waals surface area contributed by atoms with Gasteiger partial charge in [0.05, 0.1) is 16.3 Å². The first-order valence-corrected chi connectivity index (χ1v) is 8.80. The van der Waals surface area contributed by atoms with Gasteiger partial charge in [-0.1, -0.05) is 25.0 Å². The summed E-state index contributed by atoms with van der Waals surface area (Å²) in [6, 6.07) is 8.49. The summed E-state index contributed by atoms with van der Waals surface area (Å²) in [5.41, 5.74) is 1.07. The minimum absolute atomic E-state index is 0.218. The monoisotopic (exact) mass is 300 g/mol. The molecular weight excluding hydrogens is 280 g/mol. The number of hydrogen-bond donors (Lipinski definition) is 0. The van der Waals surface area contributed by atoms with Gasteiger partial charge >= 0.3 is 0 Å². The van der Waals surface area contributed by atoms with Crippen molar-refractivity contribution >= 4 is 27.5 Å². The molecule has 2 aromatic rings. The molecule has 110 valence electrons. The molecule has 1 atom stereocenters. The molecule has 2 fully saturated rings. The molecule has 4 heteroatoms. The zero-order chi connectivity index (χ0) is 14.2. The molecular formula is C17H20N2OS. The Morgan fingerprint density at radius 2 is 1.95 bits per heavy atom. The van der Waals surface area contributed by atoms with Crippen LogP contribution in [-0.2, 0) is 4.79 Å². The van der Waals surface area contributed by atoms with Crippen LogP contribution in [0.4, 0.5) is 0 Å². The summed E-state index contributed by atoms with van der Waals surface area (Å²) in [5.74, 6) is 0.661. The molecule has 1 unspecified atom stereocenters. The summed E-state index contributed by atoms with van der Waals surface area (Å²) in [7, 11) is 0. The van der Waals surface area contributed by atoms with Crippen LogP contribution in [0.25, 0.3) is 10.2 Å². The second-order valence-electron chi connectivity index (χ2n) is 6.19. The van der Waals surface area contributed by atoms with E-state index in [1.165, 1.54) is 17.5 Å². The van der Waals surface area contributed by atoms with Gasteiger partial charge < -0.3 is 4.90 Å². The largest absolute Gasteiger partial charge is 0.333 e. The molecule has 4 rings (SSSR count). The molecule has 1 aromatic heterocycles. The SMILES string of the molecule is O=C(C1CCCC1)N1CCCC1c1nc2ccccc2s1. The highest BCUT2D eigenvalue weighted by Crippen LogP contribution is 2.38. The van der Waals surface area contributed by atoms with Gasteiger partial charge in [-0.05, 0) is 37.8 Å². The Labute approximate surface area is 129 Å². The Balaban J connectivity index is 1.62. The minimum atomic E-state index is 0.218. The summed E-state index contributed by atoms with van der Waals surface area (Å²) < 4.78 is 1.23. The van der Waals surface area contributed by atoms with Crippen molar-refractivity contribution in [2.75, 3.05) is 6.54 Å². The minimum Gasteiger partial charge on any atom is -0.333 e. The van der Waals surface area contributed by atoms with Gasteiger partial charge in [0.25, 0.3) is 0 Å². The summed E-state index contributed by atoms with van der Waals surface area (Å²) in [5, 5.41) is 1.13. The molecule has 2 heterocycles. The maximum atomic E-state index is 12.7. The fourth-order valence-corrected chi connectivity index (χ4v) is 4.84. The average Bonchev–Trinajstić information content (AvgIpc) is 3.24. The lowest BCUT2D eigenvalue weighted by Gasteiger charge is -2.26. The number of rotatable bonds is 2. The van der Waals surface area contributed by atoms with Crippen LogP contribution >= 0.6 is 11.3 Å². The number of para-hydroxylation sites is 1. The van der Waals surface area contributed by atoms with E-state index < -0.39 is 0 Å². The molecule has 2 aliphatic rings. The van der Waals surface area contributed by atoms with Gasteiger partial charge in [0.1, 0.15) is 5.01 Å².